The van der Waals surface area contributed by atoms with Crippen LogP contribution in [-0.4, -0.2) is 35.8 Å². The highest BCUT2D eigenvalue weighted by Gasteiger charge is 2.41. The molecule has 0 atom stereocenters. The van der Waals surface area contributed by atoms with Crippen molar-refractivity contribution in [3.8, 4) is 0 Å². The lowest BCUT2D eigenvalue weighted by atomic mass is 9.72. The number of anilines is 1. The summed E-state index contributed by atoms with van der Waals surface area (Å²) in [4.78, 5) is 19.2. The van der Waals surface area contributed by atoms with Crippen LogP contribution in [0, 0.1) is 5.92 Å². The minimum atomic E-state index is -1.03. The monoisotopic (exact) mass is 472 g/mol. The van der Waals surface area contributed by atoms with E-state index in [1.807, 2.05) is 79.7 Å². The van der Waals surface area contributed by atoms with Crippen molar-refractivity contribution in [3.05, 3.63) is 95.6 Å². The lowest BCUT2D eigenvalue weighted by Gasteiger charge is -2.42. The number of carbonyl (C=O) groups is 1. The zero-order chi connectivity index (χ0) is 23.5. The van der Waals surface area contributed by atoms with E-state index < -0.39 is 5.60 Å². The van der Waals surface area contributed by atoms with E-state index in [1.54, 1.807) is 17.4 Å². The first-order valence-electron chi connectivity index (χ1n) is 11.8. The van der Waals surface area contributed by atoms with E-state index in [4.69, 9.17) is 9.72 Å². The number of piperidine rings is 1. The van der Waals surface area contributed by atoms with Crippen molar-refractivity contribution in [2.24, 2.45) is 5.92 Å². The predicted molar refractivity (Wildman–Crippen MR) is 136 cm³/mol. The summed E-state index contributed by atoms with van der Waals surface area (Å²) < 4.78 is 6.11. The topological polar surface area (TPSA) is 62.7 Å². The second-order valence-electron chi connectivity index (χ2n) is 8.66. The van der Waals surface area contributed by atoms with E-state index in [-0.39, 0.29) is 11.9 Å². The highest BCUT2D eigenvalue weighted by atomic mass is 32.1. The smallest absolute Gasteiger partial charge is 0.338 e. The molecule has 5 rings (SSSR count). The van der Waals surface area contributed by atoms with Crippen LogP contribution in [0.3, 0.4) is 0 Å². The molecule has 3 aromatic carbocycles. The van der Waals surface area contributed by atoms with E-state index >= 15 is 0 Å². The van der Waals surface area contributed by atoms with Gasteiger partial charge in [-0.05, 0) is 55.0 Å². The summed E-state index contributed by atoms with van der Waals surface area (Å²) in [6, 6.07) is 25.5. The quantitative estimate of drug-likeness (QED) is 0.369. The highest BCUT2D eigenvalue weighted by Crippen LogP contribution is 2.43. The van der Waals surface area contributed by atoms with Gasteiger partial charge in [-0.25, -0.2) is 9.78 Å². The molecule has 0 bridgehead atoms. The molecular formula is C28H28N2O3S. The van der Waals surface area contributed by atoms with E-state index in [1.165, 1.54) is 0 Å². The molecule has 0 aliphatic carbocycles. The van der Waals surface area contributed by atoms with Gasteiger partial charge >= 0.3 is 5.97 Å². The summed E-state index contributed by atoms with van der Waals surface area (Å²) in [5, 5.41) is 13.1. The Kier molecular flexibility index (Phi) is 6.35. The maximum atomic E-state index is 12.1. The van der Waals surface area contributed by atoms with Crippen LogP contribution in [0.25, 0.3) is 10.2 Å². The number of hydrogen-bond donors (Lipinski definition) is 1. The van der Waals surface area contributed by atoms with Gasteiger partial charge in [-0.15, -0.1) is 0 Å². The first kappa shape index (κ1) is 22.6. The van der Waals surface area contributed by atoms with Crippen molar-refractivity contribution < 1.29 is 14.6 Å². The van der Waals surface area contributed by atoms with E-state index in [0.29, 0.717) is 12.2 Å². The van der Waals surface area contributed by atoms with Crippen LogP contribution in [0.2, 0.25) is 0 Å². The van der Waals surface area contributed by atoms with E-state index in [9.17, 15) is 9.90 Å². The van der Waals surface area contributed by atoms with Crippen molar-refractivity contribution in [1.82, 2.24) is 4.98 Å². The first-order chi connectivity index (χ1) is 16.6. The van der Waals surface area contributed by atoms with Crippen LogP contribution < -0.4 is 4.90 Å². The molecule has 2 heterocycles. The van der Waals surface area contributed by atoms with Gasteiger partial charge in [0.1, 0.15) is 5.60 Å². The molecule has 0 unspecified atom stereocenters. The van der Waals surface area contributed by atoms with Gasteiger partial charge in [0.15, 0.2) is 5.13 Å². The SMILES string of the molecule is CCOC(=O)c1ccc2nc(N3CCC(C(O)(c4ccccc4)c4ccccc4)CC3)sc2c1. The molecule has 0 saturated carbocycles. The van der Waals surface area contributed by atoms with Crippen LogP contribution in [0.15, 0.2) is 78.9 Å². The Hall–Kier alpha value is -3.22. The number of benzene rings is 3. The van der Waals surface area contributed by atoms with Gasteiger partial charge in [0, 0.05) is 13.1 Å². The minimum absolute atomic E-state index is 0.0957. The third-order valence-corrected chi connectivity index (χ3v) is 7.75. The van der Waals surface area contributed by atoms with Crippen molar-refractivity contribution in [2.45, 2.75) is 25.4 Å². The van der Waals surface area contributed by atoms with Crippen LogP contribution in [0.5, 0.6) is 0 Å². The van der Waals surface area contributed by atoms with Crippen molar-refractivity contribution in [2.75, 3.05) is 24.6 Å². The van der Waals surface area contributed by atoms with Crippen LogP contribution in [0.1, 0.15) is 41.3 Å². The normalized spacial score (nSPS) is 14.9. The van der Waals surface area contributed by atoms with E-state index in [0.717, 1.165) is 52.4 Å². The molecule has 0 amide bonds. The van der Waals surface area contributed by atoms with Gasteiger partial charge in [0.05, 0.1) is 22.4 Å². The highest BCUT2D eigenvalue weighted by molar-refractivity contribution is 7.22. The summed E-state index contributed by atoms with van der Waals surface area (Å²) in [5.41, 5.74) is 2.29. The standard InChI is InChI=1S/C28H28N2O3S/c1-2-33-26(31)20-13-14-24-25(19-20)34-27(29-24)30-17-15-23(16-18-30)28(32,21-9-5-3-6-10-21)22-11-7-4-8-12-22/h3-14,19,23,32H,2,15-18H2,1H3. The van der Waals surface area contributed by atoms with Gasteiger partial charge < -0.3 is 14.7 Å². The Bertz CT molecular complexity index is 1230. The van der Waals surface area contributed by atoms with Gasteiger partial charge in [-0.3, -0.25) is 0 Å². The molecule has 1 fully saturated rings. The zero-order valence-electron chi connectivity index (χ0n) is 19.2. The second-order valence-corrected chi connectivity index (χ2v) is 9.67. The molecule has 174 valence electrons. The average Bonchev–Trinajstić information content (AvgIpc) is 3.33. The van der Waals surface area contributed by atoms with Crippen molar-refractivity contribution in [1.29, 1.82) is 0 Å². The molecule has 1 aliphatic heterocycles. The van der Waals surface area contributed by atoms with Gasteiger partial charge in [-0.1, -0.05) is 72.0 Å². The molecule has 1 saturated heterocycles. The number of thiazole rings is 1. The zero-order valence-corrected chi connectivity index (χ0v) is 20.0. The molecule has 1 aliphatic rings. The lowest BCUT2D eigenvalue weighted by molar-refractivity contribution is 0.00505. The Morgan fingerprint density at radius 1 is 1.03 bits per heavy atom. The summed E-state index contributed by atoms with van der Waals surface area (Å²) >= 11 is 1.60. The second kappa shape index (κ2) is 9.57. The number of aromatic nitrogens is 1. The molecule has 5 nitrogen and oxygen atoms in total. The number of carbonyl (C=O) groups excluding carboxylic acids is 1. The molecule has 1 aromatic heterocycles. The predicted octanol–water partition coefficient (Wildman–Crippen LogP) is 5.63. The Balaban J connectivity index is 1.37. The summed E-state index contributed by atoms with van der Waals surface area (Å²) in [6.45, 7) is 3.80. The van der Waals surface area contributed by atoms with Gasteiger partial charge in [0.25, 0.3) is 0 Å². The molecule has 4 aromatic rings. The number of fused-ring (bicyclic) bond motifs is 1. The maximum absolute atomic E-state index is 12.1. The molecule has 0 radical (unpaired) electrons. The number of hydrogen-bond acceptors (Lipinski definition) is 6. The summed E-state index contributed by atoms with van der Waals surface area (Å²) in [7, 11) is 0. The lowest BCUT2D eigenvalue weighted by Crippen LogP contribution is -2.44. The number of aliphatic hydroxyl groups is 1. The fraction of sp³-hybridized carbons (Fsp3) is 0.286. The fourth-order valence-corrected chi connectivity index (χ4v) is 5.96. The minimum Gasteiger partial charge on any atom is -0.462 e. The van der Waals surface area contributed by atoms with Crippen LogP contribution in [-0.2, 0) is 10.3 Å². The number of esters is 1. The largest absolute Gasteiger partial charge is 0.462 e. The van der Waals surface area contributed by atoms with Gasteiger partial charge in [-0.2, -0.15) is 0 Å². The summed E-state index contributed by atoms with van der Waals surface area (Å²) in [6.07, 6.45) is 1.70. The van der Waals surface area contributed by atoms with Crippen molar-refractivity contribution >= 4 is 32.7 Å². The number of rotatable bonds is 6. The summed E-state index contributed by atoms with van der Waals surface area (Å²) in [5.74, 6) is -0.209. The molecule has 0 spiro atoms. The third kappa shape index (κ3) is 4.19. The molecule has 34 heavy (non-hydrogen) atoms. The molecular weight excluding hydrogens is 444 g/mol. The molecule has 6 heteroatoms. The number of ether oxygens (including phenoxy) is 1. The molecule has 1 N–H and O–H groups in total. The Morgan fingerprint density at radius 2 is 1.65 bits per heavy atom. The average molecular weight is 473 g/mol. The van der Waals surface area contributed by atoms with Crippen LogP contribution in [0.4, 0.5) is 5.13 Å². The third-order valence-electron chi connectivity index (χ3n) is 6.67. The fourth-order valence-electron chi connectivity index (χ4n) is 4.90. The van der Waals surface area contributed by atoms with E-state index in [2.05, 4.69) is 4.90 Å². The van der Waals surface area contributed by atoms with Gasteiger partial charge in [0.2, 0.25) is 0 Å². The van der Waals surface area contributed by atoms with Crippen LogP contribution >= 0.6 is 11.3 Å². The number of nitrogens with zero attached hydrogens (tertiary/aromatic N) is 2. The first-order valence-corrected chi connectivity index (χ1v) is 12.6. The Labute approximate surface area is 203 Å². The maximum Gasteiger partial charge on any atom is 0.338 e. The van der Waals surface area contributed by atoms with Crippen molar-refractivity contribution in [3.63, 3.8) is 0 Å². The Morgan fingerprint density at radius 3 is 2.24 bits per heavy atom.